The van der Waals surface area contributed by atoms with Crippen LogP contribution in [0.3, 0.4) is 0 Å². The van der Waals surface area contributed by atoms with Crippen molar-refractivity contribution in [3.63, 3.8) is 0 Å². The van der Waals surface area contributed by atoms with E-state index >= 15 is 0 Å². The van der Waals surface area contributed by atoms with Crippen molar-refractivity contribution in [1.82, 2.24) is 0 Å². The summed E-state index contributed by atoms with van der Waals surface area (Å²) < 4.78 is 11.2. The molecule has 7 heteroatoms. The lowest BCUT2D eigenvalue weighted by molar-refractivity contribution is -0.357. The summed E-state index contributed by atoms with van der Waals surface area (Å²) in [6, 6.07) is 12.0. The molecule has 33 heavy (non-hydrogen) atoms. The van der Waals surface area contributed by atoms with Gasteiger partial charge in [0.25, 0.3) is 0 Å². The van der Waals surface area contributed by atoms with E-state index in [4.69, 9.17) is 9.47 Å². The number of aliphatic hydroxyl groups excluding tert-OH is 4. The first kappa shape index (κ1) is 24.3. The number of benzene rings is 2. The molecule has 0 radical (unpaired) electrons. The van der Waals surface area contributed by atoms with E-state index in [0.717, 1.165) is 35.1 Å². The Labute approximate surface area is 194 Å². The maximum Gasteiger partial charge on any atom is 0.222 e. The van der Waals surface area contributed by atoms with E-state index < -0.39 is 36.8 Å². The third-order valence-electron chi connectivity index (χ3n) is 7.13. The van der Waals surface area contributed by atoms with Crippen molar-refractivity contribution in [3.05, 3.63) is 69.8 Å². The minimum absolute atomic E-state index is 0.139. The highest BCUT2D eigenvalue weighted by molar-refractivity contribution is 5.45. The zero-order chi connectivity index (χ0) is 23.8. The third-order valence-corrected chi connectivity index (χ3v) is 7.13. The molecular weight excluding hydrogens is 424 g/mol. The van der Waals surface area contributed by atoms with Crippen LogP contribution >= 0.6 is 0 Å². The standard InChI is InChI=1S/C26H34O7/c1-3-16-4-6-17(7-5-16)10-19-11-20(12-21(15(19)2)18-8-9-32-14-18)26(31)25(30)24(29)23(28)22(13-27)33-26/h4-7,11-12,18,22-25,27-31H,3,8-10,13-14H2,1-2H3/t18?,22-,23-,24+,25-,26?/m1/s1. The van der Waals surface area contributed by atoms with Gasteiger partial charge in [0.15, 0.2) is 0 Å². The maximum atomic E-state index is 11.4. The van der Waals surface area contributed by atoms with Gasteiger partial charge >= 0.3 is 0 Å². The summed E-state index contributed by atoms with van der Waals surface area (Å²) in [6.45, 7) is 4.77. The summed E-state index contributed by atoms with van der Waals surface area (Å²) in [4.78, 5) is 0. The predicted octanol–water partition coefficient (Wildman–Crippen LogP) is 1.27. The monoisotopic (exact) mass is 458 g/mol. The Morgan fingerprint density at radius 2 is 1.73 bits per heavy atom. The van der Waals surface area contributed by atoms with E-state index in [1.54, 1.807) is 12.1 Å². The van der Waals surface area contributed by atoms with Crippen LogP contribution in [0.5, 0.6) is 0 Å². The van der Waals surface area contributed by atoms with Crippen LogP contribution in [0.15, 0.2) is 36.4 Å². The van der Waals surface area contributed by atoms with Crippen molar-refractivity contribution < 1.29 is 35.0 Å². The van der Waals surface area contributed by atoms with E-state index in [9.17, 15) is 25.5 Å². The molecule has 0 amide bonds. The first-order chi connectivity index (χ1) is 15.8. The molecule has 4 rings (SSSR count). The topological polar surface area (TPSA) is 120 Å². The second kappa shape index (κ2) is 9.80. The number of aryl methyl sites for hydroxylation is 1. The smallest absolute Gasteiger partial charge is 0.222 e. The molecular formula is C26H34O7. The largest absolute Gasteiger partial charge is 0.394 e. The summed E-state index contributed by atoms with van der Waals surface area (Å²) in [7, 11) is 0. The molecule has 5 N–H and O–H groups in total. The van der Waals surface area contributed by atoms with Gasteiger partial charge in [-0.2, -0.15) is 0 Å². The Balaban J connectivity index is 1.78. The molecule has 2 aromatic carbocycles. The normalized spacial score (nSPS) is 32.3. The number of hydrogen-bond donors (Lipinski definition) is 5. The molecule has 0 aliphatic carbocycles. The van der Waals surface area contributed by atoms with Crippen molar-refractivity contribution in [2.45, 2.75) is 69.2 Å². The molecule has 2 aromatic rings. The molecule has 2 heterocycles. The Bertz CT molecular complexity index is 952. The highest BCUT2D eigenvalue weighted by atomic mass is 16.7. The van der Waals surface area contributed by atoms with Crippen LogP contribution in [-0.4, -0.2) is 69.8 Å². The number of hydrogen-bond acceptors (Lipinski definition) is 7. The minimum atomic E-state index is -2.28. The van der Waals surface area contributed by atoms with Gasteiger partial charge in [-0.15, -0.1) is 0 Å². The fourth-order valence-corrected chi connectivity index (χ4v) is 4.90. The van der Waals surface area contributed by atoms with Crippen molar-refractivity contribution in [2.24, 2.45) is 0 Å². The second-order valence-corrected chi connectivity index (χ2v) is 9.22. The first-order valence-electron chi connectivity index (χ1n) is 11.6. The Morgan fingerprint density at radius 1 is 1.03 bits per heavy atom. The van der Waals surface area contributed by atoms with Crippen LogP contribution in [0.25, 0.3) is 0 Å². The van der Waals surface area contributed by atoms with Crippen molar-refractivity contribution in [1.29, 1.82) is 0 Å². The third kappa shape index (κ3) is 4.59. The summed E-state index contributed by atoms with van der Waals surface area (Å²) in [5, 5.41) is 52.2. The van der Waals surface area contributed by atoms with Crippen molar-refractivity contribution >= 4 is 0 Å². The average molecular weight is 459 g/mol. The van der Waals surface area contributed by atoms with Gasteiger partial charge in [0, 0.05) is 18.1 Å². The van der Waals surface area contributed by atoms with Gasteiger partial charge in [0.05, 0.1) is 13.2 Å². The molecule has 2 fully saturated rings. The molecule has 2 unspecified atom stereocenters. The minimum Gasteiger partial charge on any atom is -0.394 e. The average Bonchev–Trinajstić information content (AvgIpc) is 3.36. The van der Waals surface area contributed by atoms with Crippen LogP contribution in [0.4, 0.5) is 0 Å². The lowest BCUT2D eigenvalue weighted by Gasteiger charge is -2.46. The molecule has 2 aliphatic heterocycles. The molecule has 6 atom stereocenters. The van der Waals surface area contributed by atoms with Gasteiger partial charge in [-0.3, -0.25) is 0 Å². The Hall–Kier alpha value is -1.84. The zero-order valence-electron chi connectivity index (χ0n) is 19.1. The van der Waals surface area contributed by atoms with Crippen LogP contribution in [0.1, 0.15) is 52.6 Å². The molecule has 0 saturated carbocycles. The van der Waals surface area contributed by atoms with Gasteiger partial charge < -0.3 is 35.0 Å². The fourth-order valence-electron chi connectivity index (χ4n) is 4.90. The maximum absolute atomic E-state index is 11.4. The summed E-state index contributed by atoms with van der Waals surface area (Å²) in [5.74, 6) is -2.14. The SMILES string of the molecule is CCc1ccc(Cc2cc(C3(O)O[C@H](CO)[C@@H](O)[C@H](O)[C@H]3O)cc(C3CCOC3)c2C)cc1. The quantitative estimate of drug-likeness (QED) is 0.442. The van der Waals surface area contributed by atoms with Gasteiger partial charge in [0.2, 0.25) is 5.79 Å². The van der Waals surface area contributed by atoms with E-state index in [0.29, 0.717) is 19.6 Å². The van der Waals surface area contributed by atoms with Crippen LogP contribution in [0, 0.1) is 6.92 Å². The molecule has 180 valence electrons. The predicted molar refractivity (Wildman–Crippen MR) is 122 cm³/mol. The summed E-state index contributed by atoms with van der Waals surface area (Å²) in [5.41, 5.74) is 5.69. The zero-order valence-corrected chi connectivity index (χ0v) is 19.1. The van der Waals surface area contributed by atoms with Gasteiger partial charge in [0.1, 0.15) is 24.4 Å². The van der Waals surface area contributed by atoms with Gasteiger partial charge in [-0.1, -0.05) is 31.2 Å². The molecule has 2 saturated heterocycles. The molecule has 7 nitrogen and oxygen atoms in total. The summed E-state index contributed by atoms with van der Waals surface area (Å²) >= 11 is 0. The molecule has 0 spiro atoms. The lowest BCUT2D eigenvalue weighted by Crippen LogP contribution is -2.63. The van der Waals surface area contributed by atoms with Gasteiger partial charge in [-0.25, -0.2) is 0 Å². The Kier molecular flexibility index (Phi) is 7.21. The van der Waals surface area contributed by atoms with E-state index in [1.165, 1.54) is 5.56 Å². The number of rotatable bonds is 6. The van der Waals surface area contributed by atoms with Crippen molar-refractivity contribution in [2.75, 3.05) is 19.8 Å². The highest BCUT2D eigenvalue weighted by Gasteiger charge is 2.53. The van der Waals surface area contributed by atoms with Crippen LogP contribution in [0.2, 0.25) is 0 Å². The molecule has 2 aliphatic rings. The van der Waals surface area contributed by atoms with E-state index in [1.807, 2.05) is 6.92 Å². The Morgan fingerprint density at radius 3 is 2.33 bits per heavy atom. The fraction of sp³-hybridized carbons (Fsp3) is 0.538. The van der Waals surface area contributed by atoms with Crippen LogP contribution in [-0.2, 0) is 28.1 Å². The van der Waals surface area contributed by atoms with Crippen molar-refractivity contribution in [3.8, 4) is 0 Å². The highest BCUT2D eigenvalue weighted by Crippen LogP contribution is 2.40. The van der Waals surface area contributed by atoms with Gasteiger partial charge in [-0.05, 0) is 66.1 Å². The lowest BCUT2D eigenvalue weighted by atomic mass is 9.82. The molecule has 0 bridgehead atoms. The first-order valence-corrected chi connectivity index (χ1v) is 11.6. The number of ether oxygens (including phenoxy) is 2. The summed E-state index contributed by atoms with van der Waals surface area (Å²) in [6.07, 6.45) is -3.80. The molecule has 0 aromatic heterocycles. The number of aliphatic hydroxyl groups is 5. The van der Waals surface area contributed by atoms with E-state index in [-0.39, 0.29) is 11.5 Å². The second-order valence-electron chi connectivity index (χ2n) is 9.22. The van der Waals surface area contributed by atoms with Crippen LogP contribution < -0.4 is 0 Å². The van der Waals surface area contributed by atoms with E-state index in [2.05, 4.69) is 31.2 Å².